The van der Waals surface area contributed by atoms with E-state index in [2.05, 4.69) is 22.5 Å². The Hall–Kier alpha value is -2.91. The van der Waals surface area contributed by atoms with Gasteiger partial charge in [-0.15, -0.1) is 0 Å². The van der Waals surface area contributed by atoms with Gasteiger partial charge >= 0.3 is 6.03 Å². The first-order valence-electron chi connectivity index (χ1n) is 10.4. The van der Waals surface area contributed by atoms with Gasteiger partial charge in [-0.1, -0.05) is 19.1 Å². The molecule has 9 nitrogen and oxygen atoms in total. The number of hydrogen-bond acceptors (Lipinski definition) is 6. The Morgan fingerprint density at radius 3 is 2.48 bits per heavy atom. The molecule has 3 amide bonds. The number of anilines is 1. The summed E-state index contributed by atoms with van der Waals surface area (Å²) in [5.41, 5.74) is 2.09. The highest BCUT2D eigenvalue weighted by atomic mass is 16.5. The van der Waals surface area contributed by atoms with Crippen LogP contribution in [-0.4, -0.2) is 62.3 Å². The van der Waals surface area contributed by atoms with Crippen molar-refractivity contribution in [2.24, 2.45) is 0 Å². The molecule has 31 heavy (non-hydrogen) atoms. The second-order valence-corrected chi connectivity index (χ2v) is 6.98. The first-order valence-corrected chi connectivity index (χ1v) is 10.4. The van der Waals surface area contributed by atoms with E-state index in [1.807, 2.05) is 24.3 Å². The Labute approximate surface area is 183 Å². The number of ether oxygens (including phenoxy) is 2. The lowest BCUT2D eigenvalue weighted by Gasteiger charge is -2.21. The van der Waals surface area contributed by atoms with Gasteiger partial charge in [0.1, 0.15) is 6.26 Å². The fourth-order valence-corrected chi connectivity index (χ4v) is 2.84. The van der Waals surface area contributed by atoms with Gasteiger partial charge in [0.05, 0.1) is 6.54 Å². The molecule has 0 saturated carbocycles. The van der Waals surface area contributed by atoms with Crippen molar-refractivity contribution in [3.8, 4) is 0 Å². The van der Waals surface area contributed by atoms with Crippen LogP contribution >= 0.6 is 0 Å². The third-order valence-corrected chi connectivity index (χ3v) is 4.60. The first-order chi connectivity index (χ1) is 15.1. The smallest absolute Gasteiger partial charge is 0.322 e. The Morgan fingerprint density at radius 1 is 1.10 bits per heavy atom. The highest BCUT2D eigenvalue weighted by molar-refractivity contribution is 5.92. The minimum atomic E-state index is -0.322. The molecule has 0 radical (unpaired) electrons. The van der Waals surface area contributed by atoms with Crippen LogP contribution in [0.2, 0.25) is 0 Å². The molecule has 0 unspecified atom stereocenters. The van der Waals surface area contributed by atoms with Crippen molar-refractivity contribution in [2.45, 2.75) is 32.7 Å². The van der Waals surface area contributed by atoms with Crippen molar-refractivity contribution in [3.05, 3.63) is 47.7 Å². The van der Waals surface area contributed by atoms with Gasteiger partial charge in [-0.2, -0.15) is 0 Å². The van der Waals surface area contributed by atoms with Crippen molar-refractivity contribution < 1.29 is 23.5 Å². The van der Waals surface area contributed by atoms with Crippen LogP contribution in [-0.2, 0) is 22.4 Å². The van der Waals surface area contributed by atoms with E-state index in [1.165, 1.54) is 11.8 Å². The van der Waals surface area contributed by atoms with E-state index >= 15 is 0 Å². The van der Waals surface area contributed by atoms with Gasteiger partial charge < -0.3 is 29.4 Å². The molecule has 0 bridgehead atoms. The predicted molar refractivity (Wildman–Crippen MR) is 117 cm³/mol. The van der Waals surface area contributed by atoms with Crippen LogP contribution in [0.25, 0.3) is 0 Å². The van der Waals surface area contributed by atoms with Gasteiger partial charge in [-0.25, -0.2) is 9.78 Å². The molecule has 2 rings (SSSR count). The number of oxazole rings is 1. The third-order valence-electron chi connectivity index (χ3n) is 4.60. The molecule has 0 spiro atoms. The van der Waals surface area contributed by atoms with E-state index in [0.29, 0.717) is 44.8 Å². The zero-order valence-electron chi connectivity index (χ0n) is 18.5. The monoisotopic (exact) mass is 432 g/mol. The van der Waals surface area contributed by atoms with Crippen molar-refractivity contribution >= 4 is 17.6 Å². The van der Waals surface area contributed by atoms with E-state index in [4.69, 9.17) is 13.9 Å². The number of rotatable bonds is 13. The minimum Gasteiger partial charge on any atom is -0.446 e. The molecule has 0 aliphatic heterocycles. The van der Waals surface area contributed by atoms with Gasteiger partial charge in [-0.3, -0.25) is 4.79 Å². The molecular formula is C22H32N4O5. The average molecular weight is 433 g/mol. The first kappa shape index (κ1) is 24.4. The maximum absolute atomic E-state index is 12.8. The Morgan fingerprint density at radius 2 is 1.81 bits per heavy atom. The second kappa shape index (κ2) is 13.4. The quantitative estimate of drug-likeness (QED) is 0.471. The number of urea groups is 1. The molecule has 170 valence electrons. The molecule has 1 aromatic heterocycles. The molecule has 0 aliphatic rings. The molecule has 2 aromatic rings. The molecule has 0 aliphatic carbocycles. The summed E-state index contributed by atoms with van der Waals surface area (Å²) < 4.78 is 15.5. The molecule has 0 atom stereocenters. The van der Waals surface area contributed by atoms with E-state index < -0.39 is 0 Å². The van der Waals surface area contributed by atoms with Crippen molar-refractivity contribution in [1.29, 1.82) is 0 Å². The molecule has 2 N–H and O–H groups in total. The summed E-state index contributed by atoms with van der Waals surface area (Å²) >= 11 is 0. The lowest BCUT2D eigenvalue weighted by molar-refractivity contribution is 0.0943. The molecule has 0 saturated heterocycles. The largest absolute Gasteiger partial charge is 0.446 e. The highest BCUT2D eigenvalue weighted by Gasteiger charge is 2.19. The molecular weight excluding hydrogens is 400 g/mol. The Balaban J connectivity index is 1.98. The number of aromatic nitrogens is 1. The topological polar surface area (TPSA) is 106 Å². The van der Waals surface area contributed by atoms with E-state index in [1.54, 1.807) is 19.1 Å². The van der Waals surface area contributed by atoms with Gasteiger partial charge in [0, 0.05) is 46.2 Å². The summed E-state index contributed by atoms with van der Waals surface area (Å²) in [6.07, 6.45) is 3.60. The summed E-state index contributed by atoms with van der Waals surface area (Å²) in [5.74, 6) is -0.0339. The SMILES string of the molecule is CCc1ccc(NC(=O)N(CCCOC)Cc2nc(C(=O)NCCCOC)co2)cc1. The van der Waals surface area contributed by atoms with Crippen LogP contribution in [0.5, 0.6) is 0 Å². The fraction of sp³-hybridized carbons (Fsp3) is 0.500. The maximum Gasteiger partial charge on any atom is 0.322 e. The number of carbonyl (C=O) groups is 2. The number of benzene rings is 1. The second-order valence-electron chi connectivity index (χ2n) is 6.98. The normalized spacial score (nSPS) is 10.7. The summed E-state index contributed by atoms with van der Waals surface area (Å²) in [7, 11) is 3.23. The third kappa shape index (κ3) is 8.39. The van der Waals surface area contributed by atoms with Gasteiger partial charge in [0.15, 0.2) is 5.69 Å². The van der Waals surface area contributed by atoms with Crippen LogP contribution in [0.15, 0.2) is 34.9 Å². The molecule has 0 fully saturated rings. The Bertz CT molecular complexity index is 806. The lowest BCUT2D eigenvalue weighted by atomic mass is 10.1. The standard InChI is InChI=1S/C22H32N4O5/c1-4-17-7-9-18(10-8-17)24-22(28)26(12-6-14-30-3)15-20-25-19(16-31-20)21(27)23-11-5-13-29-2/h7-10,16H,4-6,11-15H2,1-3H3,(H,23,27)(H,24,28). The van der Waals surface area contributed by atoms with Crippen molar-refractivity contribution in [2.75, 3.05) is 45.8 Å². The van der Waals surface area contributed by atoms with E-state index in [-0.39, 0.29) is 30.1 Å². The summed E-state index contributed by atoms with van der Waals surface area (Å²) in [6.45, 7) is 4.24. The van der Waals surface area contributed by atoms with Crippen LogP contribution in [0.3, 0.4) is 0 Å². The Kier molecular flexibility index (Phi) is 10.5. The number of methoxy groups -OCH3 is 2. The number of nitrogens with one attached hydrogen (secondary N) is 2. The summed E-state index contributed by atoms with van der Waals surface area (Å²) in [5, 5.41) is 5.65. The maximum atomic E-state index is 12.8. The summed E-state index contributed by atoms with van der Waals surface area (Å²) in [6, 6.07) is 7.44. The van der Waals surface area contributed by atoms with Crippen LogP contribution in [0.4, 0.5) is 10.5 Å². The molecule has 1 heterocycles. The molecule has 1 aromatic carbocycles. The van der Waals surface area contributed by atoms with Gasteiger partial charge in [-0.05, 0) is 37.0 Å². The van der Waals surface area contributed by atoms with E-state index in [9.17, 15) is 9.59 Å². The van der Waals surface area contributed by atoms with Crippen molar-refractivity contribution in [1.82, 2.24) is 15.2 Å². The zero-order valence-corrected chi connectivity index (χ0v) is 18.5. The predicted octanol–water partition coefficient (Wildman–Crippen LogP) is 3.07. The number of amides is 3. The number of hydrogen-bond donors (Lipinski definition) is 2. The van der Waals surface area contributed by atoms with Crippen LogP contribution in [0, 0.1) is 0 Å². The number of nitrogens with zero attached hydrogens (tertiary/aromatic N) is 2. The van der Waals surface area contributed by atoms with Gasteiger partial charge in [0.2, 0.25) is 5.89 Å². The number of carbonyl (C=O) groups excluding carboxylic acids is 2. The van der Waals surface area contributed by atoms with E-state index in [0.717, 1.165) is 6.42 Å². The molecule has 9 heteroatoms. The van der Waals surface area contributed by atoms with Crippen LogP contribution < -0.4 is 10.6 Å². The number of aryl methyl sites for hydroxylation is 1. The van der Waals surface area contributed by atoms with Crippen LogP contribution in [0.1, 0.15) is 41.7 Å². The summed E-state index contributed by atoms with van der Waals surface area (Å²) in [4.78, 5) is 30.8. The van der Waals surface area contributed by atoms with Gasteiger partial charge in [0.25, 0.3) is 5.91 Å². The highest BCUT2D eigenvalue weighted by Crippen LogP contribution is 2.13. The minimum absolute atomic E-state index is 0.138. The average Bonchev–Trinajstić information content (AvgIpc) is 3.25. The van der Waals surface area contributed by atoms with Crippen molar-refractivity contribution in [3.63, 3.8) is 0 Å². The fourth-order valence-electron chi connectivity index (χ4n) is 2.84. The lowest BCUT2D eigenvalue weighted by Crippen LogP contribution is -2.36. The zero-order chi connectivity index (χ0) is 22.5.